The van der Waals surface area contributed by atoms with Crippen molar-refractivity contribution in [1.29, 1.82) is 0 Å². The quantitative estimate of drug-likeness (QED) is 0.281. The number of rotatable bonds is 12. The molecule has 0 N–H and O–H groups in total. The molecule has 0 unspecified atom stereocenters. The Morgan fingerprint density at radius 3 is 2.31 bits per heavy atom. The minimum atomic E-state index is 0.115. The van der Waals surface area contributed by atoms with E-state index in [-0.39, 0.29) is 11.9 Å². The van der Waals surface area contributed by atoms with E-state index in [1.165, 1.54) is 36.8 Å². The van der Waals surface area contributed by atoms with E-state index < -0.39 is 0 Å². The summed E-state index contributed by atoms with van der Waals surface area (Å²) in [5, 5.41) is 0. The van der Waals surface area contributed by atoms with Crippen LogP contribution in [0.25, 0.3) is 0 Å². The Kier molecular flexibility index (Phi) is 9.15. The highest BCUT2D eigenvalue weighted by Gasteiger charge is 2.22. The van der Waals surface area contributed by atoms with Gasteiger partial charge in [0.2, 0.25) is 0 Å². The fraction of sp³-hybridized carbons (Fsp3) is 0.414. The van der Waals surface area contributed by atoms with Crippen LogP contribution in [0.15, 0.2) is 72.9 Å². The van der Waals surface area contributed by atoms with Crippen LogP contribution in [0.5, 0.6) is 0 Å². The molecule has 0 spiro atoms. The molecule has 1 aromatic heterocycles. The summed E-state index contributed by atoms with van der Waals surface area (Å²) in [5.74, 6) is 0.115. The lowest BCUT2D eigenvalue weighted by Gasteiger charge is -2.29. The van der Waals surface area contributed by atoms with Crippen molar-refractivity contribution in [2.75, 3.05) is 0 Å². The maximum absolute atomic E-state index is 13.5. The number of aromatic nitrogens is 1. The van der Waals surface area contributed by atoms with Crippen LogP contribution in [-0.4, -0.2) is 21.4 Å². The third-order valence-corrected chi connectivity index (χ3v) is 6.36. The van der Waals surface area contributed by atoms with Gasteiger partial charge in [-0.2, -0.15) is 0 Å². The number of aryl methyl sites for hydroxylation is 1. The summed E-state index contributed by atoms with van der Waals surface area (Å²) in [7, 11) is 0. The molecular weight excluding hydrogens is 392 g/mol. The highest BCUT2D eigenvalue weighted by atomic mass is 16.2. The standard InChI is InChI=1S/C29H38N2O/c1-4-6-7-9-13-25-17-19-27(20-18-25)29(32)31(24(3)5-2)23-28-16-12-21-30(28)22-26-14-10-8-11-15-26/h8,10-12,14-21,24H,4-7,9,13,22-23H2,1-3H3/t24-/m1/s1. The van der Waals surface area contributed by atoms with Crippen molar-refractivity contribution in [3.05, 3.63) is 95.3 Å². The van der Waals surface area contributed by atoms with Crippen molar-refractivity contribution in [2.45, 2.75) is 78.4 Å². The van der Waals surface area contributed by atoms with E-state index >= 15 is 0 Å². The van der Waals surface area contributed by atoms with Gasteiger partial charge in [0, 0.05) is 30.0 Å². The Morgan fingerprint density at radius 2 is 1.62 bits per heavy atom. The first-order chi connectivity index (χ1) is 15.6. The zero-order valence-corrected chi connectivity index (χ0v) is 20.0. The molecule has 0 bridgehead atoms. The lowest BCUT2D eigenvalue weighted by molar-refractivity contribution is 0.0667. The van der Waals surface area contributed by atoms with Gasteiger partial charge in [-0.1, -0.05) is 75.6 Å². The molecule has 0 saturated heterocycles. The molecule has 1 heterocycles. The first-order valence-electron chi connectivity index (χ1n) is 12.2. The molecule has 0 aliphatic rings. The lowest BCUT2D eigenvalue weighted by Crippen LogP contribution is -2.38. The van der Waals surface area contributed by atoms with Gasteiger partial charge in [-0.15, -0.1) is 0 Å². The van der Waals surface area contributed by atoms with Crippen molar-refractivity contribution in [2.24, 2.45) is 0 Å². The van der Waals surface area contributed by atoms with Crippen molar-refractivity contribution in [1.82, 2.24) is 9.47 Å². The van der Waals surface area contributed by atoms with Crippen LogP contribution in [0.1, 0.15) is 80.1 Å². The molecule has 0 radical (unpaired) electrons. The molecule has 3 aromatic rings. The van der Waals surface area contributed by atoms with Crippen LogP contribution >= 0.6 is 0 Å². The van der Waals surface area contributed by atoms with E-state index in [2.05, 4.69) is 80.1 Å². The summed E-state index contributed by atoms with van der Waals surface area (Å²) in [5.41, 5.74) is 4.53. The summed E-state index contributed by atoms with van der Waals surface area (Å²) in [6, 6.07) is 23.1. The number of nitrogens with zero attached hydrogens (tertiary/aromatic N) is 2. The molecular formula is C29H38N2O. The Hall–Kier alpha value is -2.81. The average molecular weight is 431 g/mol. The zero-order chi connectivity index (χ0) is 22.8. The molecule has 3 rings (SSSR count). The van der Waals surface area contributed by atoms with E-state index in [9.17, 15) is 4.79 Å². The highest BCUT2D eigenvalue weighted by molar-refractivity contribution is 5.94. The maximum Gasteiger partial charge on any atom is 0.254 e. The third kappa shape index (κ3) is 6.59. The van der Waals surface area contributed by atoms with E-state index in [1.54, 1.807) is 0 Å². The Balaban J connectivity index is 1.70. The van der Waals surface area contributed by atoms with Gasteiger partial charge in [-0.25, -0.2) is 0 Å². The van der Waals surface area contributed by atoms with Gasteiger partial charge in [0.05, 0.1) is 6.54 Å². The molecule has 0 aliphatic carbocycles. The summed E-state index contributed by atoms with van der Waals surface area (Å²) in [4.78, 5) is 15.5. The fourth-order valence-electron chi connectivity index (χ4n) is 4.09. The van der Waals surface area contributed by atoms with Gasteiger partial charge in [0.15, 0.2) is 0 Å². The molecule has 32 heavy (non-hydrogen) atoms. The second-order valence-corrected chi connectivity index (χ2v) is 8.81. The molecule has 2 aromatic carbocycles. The van der Waals surface area contributed by atoms with Crippen molar-refractivity contribution < 1.29 is 4.79 Å². The predicted molar refractivity (Wildman–Crippen MR) is 134 cm³/mol. The molecule has 0 fully saturated rings. The number of carbonyl (C=O) groups is 1. The van der Waals surface area contributed by atoms with Crippen LogP contribution in [0.4, 0.5) is 0 Å². The molecule has 0 aliphatic heterocycles. The van der Waals surface area contributed by atoms with E-state index in [0.717, 1.165) is 30.6 Å². The topological polar surface area (TPSA) is 25.2 Å². The molecule has 3 heteroatoms. The number of hydrogen-bond acceptors (Lipinski definition) is 1. The first-order valence-corrected chi connectivity index (χ1v) is 12.2. The van der Waals surface area contributed by atoms with Gasteiger partial charge in [0.25, 0.3) is 5.91 Å². The van der Waals surface area contributed by atoms with Crippen molar-refractivity contribution >= 4 is 5.91 Å². The highest BCUT2D eigenvalue weighted by Crippen LogP contribution is 2.18. The number of carbonyl (C=O) groups excluding carboxylic acids is 1. The first kappa shape index (κ1) is 23.8. The fourth-order valence-corrected chi connectivity index (χ4v) is 4.09. The lowest BCUT2D eigenvalue weighted by atomic mass is 10.0. The number of hydrogen-bond donors (Lipinski definition) is 0. The van der Waals surface area contributed by atoms with Gasteiger partial charge in [0.1, 0.15) is 0 Å². The summed E-state index contributed by atoms with van der Waals surface area (Å²) in [6.45, 7) is 7.96. The summed E-state index contributed by atoms with van der Waals surface area (Å²) >= 11 is 0. The second-order valence-electron chi connectivity index (χ2n) is 8.81. The predicted octanol–water partition coefficient (Wildman–Crippen LogP) is 7.10. The second kappa shape index (κ2) is 12.3. The monoisotopic (exact) mass is 430 g/mol. The number of benzene rings is 2. The third-order valence-electron chi connectivity index (χ3n) is 6.36. The molecule has 1 atom stereocenters. The summed E-state index contributed by atoms with van der Waals surface area (Å²) in [6.07, 6.45) is 9.19. The SMILES string of the molecule is CCCCCCc1ccc(C(=O)N(Cc2cccn2Cc2ccccc2)[C@H](C)CC)cc1. The molecule has 170 valence electrons. The Bertz CT molecular complexity index is 943. The van der Waals surface area contributed by atoms with Gasteiger partial charge >= 0.3 is 0 Å². The minimum absolute atomic E-state index is 0.115. The van der Waals surface area contributed by atoms with E-state index in [1.807, 2.05) is 23.1 Å². The molecule has 1 amide bonds. The molecule has 3 nitrogen and oxygen atoms in total. The largest absolute Gasteiger partial charge is 0.345 e. The van der Waals surface area contributed by atoms with Crippen molar-refractivity contribution in [3.8, 4) is 0 Å². The van der Waals surface area contributed by atoms with Crippen LogP contribution in [0, 0.1) is 0 Å². The van der Waals surface area contributed by atoms with Gasteiger partial charge in [-0.3, -0.25) is 4.79 Å². The Labute approximate surface area is 194 Å². The van der Waals surface area contributed by atoms with Crippen LogP contribution in [0.2, 0.25) is 0 Å². The normalized spacial score (nSPS) is 12.0. The maximum atomic E-state index is 13.5. The van der Waals surface area contributed by atoms with Gasteiger partial charge < -0.3 is 9.47 Å². The molecule has 0 saturated carbocycles. The van der Waals surface area contributed by atoms with Gasteiger partial charge in [-0.05, 0) is 61.6 Å². The average Bonchev–Trinajstić information content (AvgIpc) is 3.27. The summed E-state index contributed by atoms with van der Waals surface area (Å²) < 4.78 is 2.25. The van der Waals surface area contributed by atoms with Crippen molar-refractivity contribution in [3.63, 3.8) is 0 Å². The zero-order valence-electron chi connectivity index (χ0n) is 20.0. The van der Waals surface area contributed by atoms with Crippen LogP contribution in [0.3, 0.4) is 0 Å². The number of unbranched alkanes of at least 4 members (excludes halogenated alkanes) is 3. The van der Waals surface area contributed by atoms with Crippen LogP contribution in [-0.2, 0) is 19.5 Å². The van der Waals surface area contributed by atoms with E-state index in [4.69, 9.17) is 0 Å². The van der Waals surface area contributed by atoms with E-state index in [0.29, 0.717) is 6.54 Å². The minimum Gasteiger partial charge on any atom is -0.345 e. The Morgan fingerprint density at radius 1 is 0.875 bits per heavy atom. The smallest absolute Gasteiger partial charge is 0.254 e. The number of amides is 1. The van der Waals surface area contributed by atoms with Crippen LogP contribution < -0.4 is 0 Å².